The van der Waals surface area contributed by atoms with Crippen molar-refractivity contribution < 1.29 is 0 Å². The summed E-state index contributed by atoms with van der Waals surface area (Å²) in [6.07, 6.45) is 3.52. The summed E-state index contributed by atoms with van der Waals surface area (Å²) < 4.78 is 0. The minimum atomic E-state index is 0.759. The number of aliphatic imine (C=N–C) groups is 1. The average Bonchev–Trinajstić information content (AvgIpc) is 2.60. The Kier molecular flexibility index (Phi) is 4.17. The van der Waals surface area contributed by atoms with Crippen LogP contribution in [0.4, 0.5) is 0 Å². The van der Waals surface area contributed by atoms with Crippen molar-refractivity contribution in [2.24, 2.45) is 4.99 Å². The number of rotatable bonds is 0. The zero-order chi connectivity index (χ0) is 8.65. The van der Waals surface area contributed by atoms with E-state index in [1.54, 1.807) is 6.21 Å². The number of halogens is 1. The van der Waals surface area contributed by atoms with E-state index in [0.717, 1.165) is 11.6 Å². The Morgan fingerprint density at radius 1 is 1.00 bits per heavy atom. The molecule has 0 saturated heterocycles. The summed E-state index contributed by atoms with van der Waals surface area (Å²) in [4.78, 5) is 3.81. The predicted molar refractivity (Wildman–Crippen MR) is 53.7 cm³/mol. The summed E-state index contributed by atoms with van der Waals surface area (Å²) in [7, 11) is 0. The molecular formula is C10H10ClN. The van der Waals surface area contributed by atoms with Crippen LogP contribution >= 0.6 is 11.6 Å². The van der Waals surface area contributed by atoms with Gasteiger partial charge in [-0.25, -0.2) is 0 Å². The Balaban J connectivity index is 0.000000120. The standard InChI is InChI=1S/C6H6.C4H4ClN/c1-2-4-6-5-3-1;5-4-1-2-6-3-4/h1-6H;1,3H,2H2. The van der Waals surface area contributed by atoms with Gasteiger partial charge in [-0.2, -0.15) is 0 Å². The molecule has 0 saturated carbocycles. The molecule has 2 heteroatoms. The summed E-state index contributed by atoms with van der Waals surface area (Å²) >= 11 is 5.42. The van der Waals surface area contributed by atoms with Crippen LogP contribution in [0, 0.1) is 0 Å². The van der Waals surface area contributed by atoms with Gasteiger partial charge in [-0.05, 0) is 6.08 Å². The number of allylic oxidation sites excluding steroid dienone is 1. The number of hydrogen-bond acceptors (Lipinski definition) is 1. The first-order valence-corrected chi connectivity index (χ1v) is 4.13. The van der Waals surface area contributed by atoms with Crippen LogP contribution in [-0.2, 0) is 0 Å². The Bertz CT molecular complexity index is 235. The van der Waals surface area contributed by atoms with Crippen LogP contribution < -0.4 is 0 Å². The van der Waals surface area contributed by atoms with Crippen LogP contribution in [0.1, 0.15) is 0 Å². The molecule has 0 amide bonds. The second-order valence-corrected chi connectivity index (χ2v) is 2.67. The van der Waals surface area contributed by atoms with E-state index >= 15 is 0 Å². The highest BCUT2D eigenvalue weighted by Gasteiger charge is 1.88. The Morgan fingerprint density at radius 3 is 1.67 bits per heavy atom. The molecule has 1 aliphatic rings. The van der Waals surface area contributed by atoms with Gasteiger partial charge in [0.2, 0.25) is 0 Å². The maximum absolute atomic E-state index is 5.42. The Labute approximate surface area is 77.4 Å². The van der Waals surface area contributed by atoms with E-state index in [-0.39, 0.29) is 0 Å². The van der Waals surface area contributed by atoms with Crippen molar-refractivity contribution in [2.75, 3.05) is 6.54 Å². The minimum Gasteiger partial charge on any atom is -0.287 e. The number of benzene rings is 1. The van der Waals surface area contributed by atoms with Gasteiger partial charge in [-0.15, -0.1) is 0 Å². The zero-order valence-corrected chi connectivity index (χ0v) is 7.41. The van der Waals surface area contributed by atoms with Crippen molar-refractivity contribution in [3.8, 4) is 0 Å². The fourth-order valence-electron chi connectivity index (χ4n) is 0.717. The van der Waals surface area contributed by atoms with Crippen LogP contribution in [0.3, 0.4) is 0 Å². The van der Waals surface area contributed by atoms with Crippen molar-refractivity contribution in [1.82, 2.24) is 0 Å². The Morgan fingerprint density at radius 2 is 1.50 bits per heavy atom. The van der Waals surface area contributed by atoms with Crippen LogP contribution in [0.25, 0.3) is 0 Å². The maximum atomic E-state index is 5.42. The fourth-order valence-corrected chi connectivity index (χ4v) is 0.855. The molecule has 1 aromatic carbocycles. The lowest BCUT2D eigenvalue weighted by molar-refractivity contribution is 1.29. The lowest BCUT2D eigenvalue weighted by Gasteiger charge is -1.69. The largest absolute Gasteiger partial charge is 0.287 e. The molecule has 0 radical (unpaired) electrons. The van der Waals surface area contributed by atoms with Gasteiger partial charge in [-0.3, -0.25) is 4.99 Å². The summed E-state index contributed by atoms with van der Waals surface area (Å²) in [5.74, 6) is 0. The summed E-state index contributed by atoms with van der Waals surface area (Å²) in [6, 6.07) is 12.0. The predicted octanol–water partition coefficient (Wildman–Crippen LogP) is 2.88. The van der Waals surface area contributed by atoms with E-state index in [2.05, 4.69) is 4.99 Å². The molecule has 0 aromatic heterocycles. The van der Waals surface area contributed by atoms with Crippen molar-refractivity contribution in [2.45, 2.75) is 0 Å². The van der Waals surface area contributed by atoms with Gasteiger partial charge >= 0.3 is 0 Å². The second-order valence-electron chi connectivity index (χ2n) is 2.24. The van der Waals surface area contributed by atoms with E-state index < -0.39 is 0 Å². The normalized spacial score (nSPS) is 13.2. The molecule has 1 heterocycles. The smallest absolute Gasteiger partial charge is 0.0588 e. The highest BCUT2D eigenvalue weighted by atomic mass is 35.5. The quantitative estimate of drug-likeness (QED) is 0.581. The van der Waals surface area contributed by atoms with Crippen molar-refractivity contribution >= 4 is 17.8 Å². The molecule has 12 heavy (non-hydrogen) atoms. The minimum absolute atomic E-state index is 0.759. The third-order valence-electron chi connectivity index (χ3n) is 1.27. The molecule has 0 unspecified atom stereocenters. The molecule has 0 spiro atoms. The van der Waals surface area contributed by atoms with E-state index in [1.165, 1.54) is 0 Å². The maximum Gasteiger partial charge on any atom is 0.0588 e. The van der Waals surface area contributed by atoms with Crippen LogP contribution in [0.15, 0.2) is 52.5 Å². The van der Waals surface area contributed by atoms with Gasteiger partial charge in [0, 0.05) is 6.21 Å². The molecule has 0 atom stereocenters. The van der Waals surface area contributed by atoms with Crippen LogP contribution in [0.5, 0.6) is 0 Å². The van der Waals surface area contributed by atoms with E-state index in [1.807, 2.05) is 42.5 Å². The monoisotopic (exact) mass is 179 g/mol. The number of nitrogens with zero attached hydrogens (tertiary/aromatic N) is 1. The first kappa shape index (κ1) is 9.01. The molecule has 1 aromatic rings. The molecule has 0 N–H and O–H groups in total. The summed E-state index contributed by atoms with van der Waals surface area (Å²) in [6.45, 7) is 0.763. The van der Waals surface area contributed by atoms with Gasteiger partial charge in [0.1, 0.15) is 0 Å². The number of hydrogen-bond donors (Lipinski definition) is 0. The molecule has 0 aliphatic carbocycles. The molecular weight excluding hydrogens is 170 g/mol. The molecule has 0 bridgehead atoms. The van der Waals surface area contributed by atoms with Crippen molar-refractivity contribution in [3.05, 3.63) is 47.5 Å². The lowest BCUT2D eigenvalue weighted by Crippen LogP contribution is -1.57. The average molecular weight is 180 g/mol. The molecule has 0 fully saturated rings. The SMILES string of the molecule is ClC1=CCN=C1.c1ccccc1. The van der Waals surface area contributed by atoms with Crippen molar-refractivity contribution in [1.29, 1.82) is 0 Å². The van der Waals surface area contributed by atoms with Gasteiger partial charge in [0.25, 0.3) is 0 Å². The topological polar surface area (TPSA) is 12.4 Å². The van der Waals surface area contributed by atoms with E-state index in [0.29, 0.717) is 0 Å². The fraction of sp³-hybridized carbons (Fsp3) is 0.100. The van der Waals surface area contributed by atoms with Crippen LogP contribution in [-0.4, -0.2) is 12.8 Å². The summed E-state index contributed by atoms with van der Waals surface area (Å²) in [5, 5.41) is 0.759. The lowest BCUT2D eigenvalue weighted by atomic mass is 10.4. The third-order valence-corrected chi connectivity index (χ3v) is 1.52. The molecule has 1 nitrogen and oxygen atoms in total. The van der Waals surface area contributed by atoms with Gasteiger partial charge in [0.15, 0.2) is 0 Å². The van der Waals surface area contributed by atoms with Gasteiger partial charge in [-0.1, -0.05) is 48.0 Å². The first-order chi connectivity index (χ1) is 5.89. The van der Waals surface area contributed by atoms with Gasteiger partial charge in [0.05, 0.1) is 11.6 Å². The van der Waals surface area contributed by atoms with E-state index in [9.17, 15) is 0 Å². The third kappa shape index (κ3) is 3.94. The molecule has 2 rings (SSSR count). The van der Waals surface area contributed by atoms with Gasteiger partial charge < -0.3 is 0 Å². The molecule has 1 aliphatic heterocycles. The Hall–Kier alpha value is -1.08. The highest BCUT2D eigenvalue weighted by Crippen LogP contribution is 2.01. The summed E-state index contributed by atoms with van der Waals surface area (Å²) in [5.41, 5.74) is 0. The second kappa shape index (κ2) is 5.56. The van der Waals surface area contributed by atoms with E-state index in [4.69, 9.17) is 11.6 Å². The van der Waals surface area contributed by atoms with Crippen LogP contribution in [0.2, 0.25) is 0 Å². The first-order valence-electron chi connectivity index (χ1n) is 3.75. The highest BCUT2D eigenvalue weighted by molar-refractivity contribution is 6.39. The van der Waals surface area contributed by atoms with Crippen molar-refractivity contribution in [3.63, 3.8) is 0 Å². The zero-order valence-electron chi connectivity index (χ0n) is 6.65. The molecule has 62 valence electrons.